The molecular weight excluding hydrogens is 396 g/mol. The number of ether oxygens (including phenoxy) is 2. The summed E-state index contributed by atoms with van der Waals surface area (Å²) in [5.74, 6) is 1.00. The molecule has 1 aliphatic carbocycles. The number of nitriles is 2. The van der Waals surface area contributed by atoms with Crippen LogP contribution in [0.3, 0.4) is 0 Å². The first-order valence-corrected chi connectivity index (χ1v) is 10.3. The second-order valence-electron chi connectivity index (χ2n) is 7.68. The van der Waals surface area contributed by atoms with Gasteiger partial charge in [0.25, 0.3) is 12.5 Å². The Labute approximate surface area is 186 Å². The third kappa shape index (κ3) is 2.98. The average molecular weight is 414 g/mol. The van der Waals surface area contributed by atoms with Crippen LogP contribution in [0.4, 0.5) is 0 Å². The van der Waals surface area contributed by atoms with Crippen molar-refractivity contribution in [2.75, 3.05) is 0 Å². The summed E-state index contributed by atoms with van der Waals surface area (Å²) < 4.78 is 10.1. The Balaban J connectivity index is 1.84. The summed E-state index contributed by atoms with van der Waals surface area (Å²) in [7, 11) is 0. The fraction of sp³-hybridized carbons (Fsp3) is 0.0714. The molecule has 5 rings (SSSR count). The summed E-state index contributed by atoms with van der Waals surface area (Å²) in [5.41, 5.74) is 6.51. The van der Waals surface area contributed by atoms with Gasteiger partial charge >= 0.3 is 0 Å². The third-order valence-corrected chi connectivity index (χ3v) is 6.13. The molecule has 4 heteroatoms. The zero-order valence-electron chi connectivity index (χ0n) is 17.2. The Morgan fingerprint density at radius 1 is 0.562 bits per heavy atom. The van der Waals surface area contributed by atoms with Gasteiger partial charge in [0, 0.05) is 0 Å². The molecule has 0 fully saturated rings. The molecule has 0 saturated carbocycles. The van der Waals surface area contributed by atoms with E-state index in [0.717, 1.165) is 17.5 Å². The summed E-state index contributed by atoms with van der Waals surface area (Å²) in [6.45, 7) is 0. The number of hydrogen-bond donors (Lipinski definition) is 0. The van der Waals surface area contributed by atoms with Crippen LogP contribution in [-0.4, -0.2) is 0 Å². The number of benzene rings is 4. The van der Waals surface area contributed by atoms with Crippen LogP contribution in [0.25, 0.3) is 0 Å². The highest BCUT2D eigenvalue weighted by Gasteiger charge is 2.43. The topological polar surface area (TPSA) is 66.0 Å². The summed E-state index contributed by atoms with van der Waals surface area (Å²) >= 11 is 0. The monoisotopic (exact) mass is 414 g/mol. The van der Waals surface area contributed by atoms with Crippen LogP contribution in [0, 0.1) is 23.0 Å². The van der Waals surface area contributed by atoms with E-state index in [1.165, 1.54) is 22.3 Å². The van der Waals surface area contributed by atoms with Gasteiger partial charge in [-0.15, -0.1) is 10.5 Å². The van der Waals surface area contributed by atoms with Crippen LogP contribution >= 0.6 is 0 Å². The third-order valence-electron chi connectivity index (χ3n) is 6.13. The molecule has 0 N–H and O–H groups in total. The van der Waals surface area contributed by atoms with E-state index < -0.39 is 5.41 Å². The van der Waals surface area contributed by atoms with Crippen molar-refractivity contribution in [3.8, 4) is 24.0 Å². The van der Waals surface area contributed by atoms with Crippen LogP contribution in [0.2, 0.25) is 0 Å². The van der Waals surface area contributed by atoms with Crippen LogP contribution < -0.4 is 9.47 Å². The van der Waals surface area contributed by atoms with Gasteiger partial charge in [-0.05, 0) is 64.1 Å². The molecule has 0 aliphatic heterocycles. The van der Waals surface area contributed by atoms with E-state index in [4.69, 9.17) is 20.0 Å². The van der Waals surface area contributed by atoms with Crippen molar-refractivity contribution in [1.29, 1.82) is 10.5 Å². The first kappa shape index (κ1) is 19.4. The number of hydrogen-bond acceptors (Lipinski definition) is 4. The molecule has 0 unspecified atom stereocenters. The zero-order chi connectivity index (χ0) is 22.0. The van der Waals surface area contributed by atoms with E-state index in [0.29, 0.717) is 11.5 Å². The molecule has 0 radical (unpaired) electrons. The minimum atomic E-state index is -0.568. The summed E-state index contributed by atoms with van der Waals surface area (Å²) in [5, 5.41) is 17.8. The highest BCUT2D eigenvalue weighted by atomic mass is 16.5. The molecule has 4 nitrogen and oxygen atoms in total. The molecule has 0 atom stereocenters. The maximum Gasteiger partial charge on any atom is 0.292 e. The van der Waals surface area contributed by atoms with Crippen molar-refractivity contribution in [2.45, 2.75) is 11.8 Å². The smallest absolute Gasteiger partial charge is 0.292 e. The zero-order valence-corrected chi connectivity index (χ0v) is 17.2. The molecule has 0 heterocycles. The van der Waals surface area contributed by atoms with Gasteiger partial charge in [-0.2, -0.15) is 0 Å². The summed E-state index contributed by atoms with van der Waals surface area (Å²) in [6.07, 6.45) is 4.33. The lowest BCUT2D eigenvalue weighted by molar-refractivity contribution is 0.506. The standard InChI is InChI=1S/C28H18N2O2/c29-18-31-24-13-9-22(10-14-24)28(23-11-15-25(16-12-23)32-19-30)26-7-3-1-5-20(26)17-21-6-2-4-8-27(21)28/h1-16H,17H2. The maximum absolute atomic E-state index is 8.89. The van der Waals surface area contributed by atoms with Crippen molar-refractivity contribution in [2.24, 2.45) is 0 Å². The normalized spacial score (nSPS) is 13.1. The number of fused-ring (bicyclic) bond motifs is 2. The van der Waals surface area contributed by atoms with Gasteiger partial charge in [-0.25, -0.2) is 0 Å². The lowest BCUT2D eigenvalue weighted by atomic mass is 9.60. The van der Waals surface area contributed by atoms with Crippen molar-refractivity contribution < 1.29 is 9.47 Å². The molecule has 4 aromatic rings. The van der Waals surface area contributed by atoms with Crippen LogP contribution in [0.5, 0.6) is 11.5 Å². The second kappa shape index (κ2) is 7.95. The van der Waals surface area contributed by atoms with E-state index in [1.807, 2.05) is 48.5 Å². The predicted octanol–water partition coefficient (Wildman–Crippen LogP) is 5.69. The highest BCUT2D eigenvalue weighted by Crippen LogP contribution is 2.51. The van der Waals surface area contributed by atoms with Gasteiger partial charge < -0.3 is 9.47 Å². The van der Waals surface area contributed by atoms with Crippen molar-refractivity contribution in [3.05, 3.63) is 130 Å². The van der Waals surface area contributed by atoms with Crippen LogP contribution in [0.15, 0.2) is 97.1 Å². The van der Waals surface area contributed by atoms with Gasteiger partial charge in [0.15, 0.2) is 0 Å². The van der Waals surface area contributed by atoms with Gasteiger partial charge in [0.05, 0.1) is 5.41 Å². The van der Waals surface area contributed by atoms with Crippen molar-refractivity contribution in [1.82, 2.24) is 0 Å². The molecule has 1 aliphatic rings. The van der Waals surface area contributed by atoms with Crippen molar-refractivity contribution >= 4 is 0 Å². The Bertz CT molecular complexity index is 1250. The Morgan fingerprint density at radius 2 is 0.969 bits per heavy atom. The molecule has 152 valence electrons. The fourth-order valence-electron chi connectivity index (χ4n) is 4.87. The number of nitrogens with zero attached hydrogens (tertiary/aromatic N) is 2. The quantitative estimate of drug-likeness (QED) is 0.354. The van der Waals surface area contributed by atoms with E-state index in [1.54, 1.807) is 12.5 Å². The molecule has 0 aromatic heterocycles. The minimum absolute atomic E-state index is 0.501. The average Bonchev–Trinajstić information content (AvgIpc) is 2.84. The van der Waals surface area contributed by atoms with E-state index in [-0.39, 0.29) is 0 Å². The Kier molecular flexibility index (Phi) is 4.82. The molecule has 0 spiro atoms. The first-order chi connectivity index (χ1) is 15.8. The van der Waals surface area contributed by atoms with Crippen molar-refractivity contribution in [3.63, 3.8) is 0 Å². The van der Waals surface area contributed by atoms with E-state index in [9.17, 15) is 0 Å². The van der Waals surface area contributed by atoms with Gasteiger partial charge in [-0.3, -0.25) is 0 Å². The number of rotatable bonds is 4. The van der Waals surface area contributed by atoms with E-state index >= 15 is 0 Å². The molecule has 0 amide bonds. The van der Waals surface area contributed by atoms with E-state index in [2.05, 4.69) is 48.5 Å². The molecular formula is C28H18N2O2. The Morgan fingerprint density at radius 3 is 1.38 bits per heavy atom. The lowest BCUT2D eigenvalue weighted by Crippen LogP contribution is -2.36. The van der Waals surface area contributed by atoms with Crippen LogP contribution in [0.1, 0.15) is 33.4 Å². The Hall–Kier alpha value is -4.54. The molecule has 32 heavy (non-hydrogen) atoms. The predicted molar refractivity (Wildman–Crippen MR) is 120 cm³/mol. The summed E-state index contributed by atoms with van der Waals surface area (Å²) in [4.78, 5) is 0. The fourth-order valence-corrected chi connectivity index (χ4v) is 4.87. The first-order valence-electron chi connectivity index (χ1n) is 10.3. The minimum Gasteiger partial charge on any atom is -0.388 e. The van der Waals surface area contributed by atoms with Gasteiger partial charge in [0.1, 0.15) is 11.5 Å². The van der Waals surface area contributed by atoms with Gasteiger partial charge in [-0.1, -0.05) is 72.8 Å². The highest BCUT2D eigenvalue weighted by molar-refractivity contribution is 5.67. The van der Waals surface area contributed by atoms with Gasteiger partial charge in [0.2, 0.25) is 0 Å². The van der Waals surface area contributed by atoms with Crippen LogP contribution in [-0.2, 0) is 11.8 Å². The lowest BCUT2D eigenvalue weighted by Gasteiger charge is -2.42. The SMILES string of the molecule is N#COc1ccc(C2(c3ccc(OC#N)cc3)c3ccccc3Cc3ccccc32)cc1. The largest absolute Gasteiger partial charge is 0.388 e. The maximum atomic E-state index is 8.89. The molecule has 4 aromatic carbocycles. The molecule has 0 saturated heterocycles. The summed E-state index contributed by atoms with van der Waals surface area (Å²) in [6, 6.07) is 32.4. The second-order valence-corrected chi connectivity index (χ2v) is 7.68. The molecule has 0 bridgehead atoms.